The van der Waals surface area contributed by atoms with Crippen molar-refractivity contribution < 1.29 is 9.18 Å². The number of hydrogen-bond donors (Lipinski definition) is 2. The van der Waals surface area contributed by atoms with Gasteiger partial charge in [-0.3, -0.25) is 4.79 Å². The van der Waals surface area contributed by atoms with Crippen LogP contribution in [-0.2, 0) is 4.79 Å². The molecule has 1 rings (SSSR count). The van der Waals surface area contributed by atoms with E-state index in [0.29, 0.717) is 12.1 Å². The Morgan fingerprint density at radius 3 is 2.80 bits per heavy atom. The van der Waals surface area contributed by atoms with Gasteiger partial charge in [0, 0.05) is 10.7 Å². The van der Waals surface area contributed by atoms with E-state index in [4.69, 9.17) is 17.3 Å². The van der Waals surface area contributed by atoms with Gasteiger partial charge in [-0.25, -0.2) is 4.39 Å². The molecule has 0 aliphatic carbocycles. The average Bonchev–Trinajstić information content (AvgIpc) is 2.14. The van der Waals surface area contributed by atoms with Crippen molar-refractivity contribution in [3.63, 3.8) is 0 Å². The summed E-state index contributed by atoms with van der Waals surface area (Å²) in [5.41, 5.74) is 5.82. The smallest absolute Gasteiger partial charge is 0.241 e. The van der Waals surface area contributed by atoms with Crippen LogP contribution in [0.25, 0.3) is 0 Å². The average molecular weight is 231 g/mol. The van der Waals surface area contributed by atoms with Crippen molar-refractivity contribution in [1.29, 1.82) is 0 Å². The maximum Gasteiger partial charge on any atom is 0.241 e. The first kappa shape index (κ1) is 11.9. The quantitative estimate of drug-likeness (QED) is 0.836. The van der Waals surface area contributed by atoms with Gasteiger partial charge in [-0.2, -0.15) is 0 Å². The summed E-state index contributed by atoms with van der Waals surface area (Å²) < 4.78 is 12.9. The number of benzene rings is 1. The highest BCUT2D eigenvalue weighted by atomic mass is 35.5. The van der Waals surface area contributed by atoms with Crippen LogP contribution in [0.2, 0.25) is 5.02 Å². The van der Waals surface area contributed by atoms with Crippen molar-refractivity contribution in [2.75, 3.05) is 5.32 Å². The second kappa shape index (κ2) is 5.09. The van der Waals surface area contributed by atoms with E-state index in [1.807, 2.05) is 0 Å². The zero-order valence-corrected chi connectivity index (χ0v) is 9.01. The van der Waals surface area contributed by atoms with E-state index >= 15 is 0 Å². The fraction of sp³-hybridized carbons (Fsp3) is 0.300. The van der Waals surface area contributed by atoms with Gasteiger partial charge >= 0.3 is 0 Å². The van der Waals surface area contributed by atoms with Gasteiger partial charge in [-0.05, 0) is 24.6 Å². The molecule has 0 saturated heterocycles. The van der Waals surface area contributed by atoms with Crippen molar-refractivity contribution in [1.82, 2.24) is 0 Å². The van der Waals surface area contributed by atoms with Gasteiger partial charge < -0.3 is 11.1 Å². The van der Waals surface area contributed by atoms with Gasteiger partial charge in [-0.15, -0.1) is 0 Å². The number of hydrogen-bond acceptors (Lipinski definition) is 2. The summed E-state index contributed by atoms with van der Waals surface area (Å²) in [6.07, 6.45) is 0.523. The first-order chi connectivity index (χ1) is 7.02. The second-order valence-corrected chi connectivity index (χ2v) is 3.60. The molecule has 15 heavy (non-hydrogen) atoms. The minimum Gasteiger partial charge on any atom is -0.325 e. The Morgan fingerprint density at radius 2 is 2.27 bits per heavy atom. The monoisotopic (exact) mass is 230 g/mol. The van der Waals surface area contributed by atoms with Gasteiger partial charge in [0.1, 0.15) is 5.82 Å². The number of carbonyl (C=O) groups excluding carboxylic acids is 1. The molecule has 0 bridgehead atoms. The SMILES string of the molecule is CC[C@@H](N)C(=O)Nc1cc(F)cc(Cl)c1. The molecule has 1 atom stereocenters. The second-order valence-electron chi connectivity index (χ2n) is 3.16. The molecular weight excluding hydrogens is 219 g/mol. The van der Waals surface area contributed by atoms with Crippen molar-refractivity contribution in [2.45, 2.75) is 19.4 Å². The molecule has 0 saturated carbocycles. The van der Waals surface area contributed by atoms with Crippen molar-refractivity contribution >= 4 is 23.2 Å². The van der Waals surface area contributed by atoms with E-state index < -0.39 is 11.9 Å². The lowest BCUT2D eigenvalue weighted by Gasteiger charge is -2.10. The van der Waals surface area contributed by atoms with Crippen LogP contribution in [0.15, 0.2) is 18.2 Å². The van der Waals surface area contributed by atoms with E-state index in [9.17, 15) is 9.18 Å². The Bertz CT molecular complexity index is 350. The minimum atomic E-state index is -0.591. The predicted molar refractivity (Wildman–Crippen MR) is 58.3 cm³/mol. The number of carbonyl (C=O) groups is 1. The van der Waals surface area contributed by atoms with E-state index in [1.165, 1.54) is 12.1 Å². The Balaban J connectivity index is 2.76. The van der Waals surface area contributed by atoms with Crippen LogP contribution in [0, 0.1) is 5.82 Å². The van der Waals surface area contributed by atoms with Crippen molar-refractivity contribution in [2.24, 2.45) is 5.73 Å². The minimum absolute atomic E-state index is 0.232. The maximum absolute atomic E-state index is 12.9. The number of nitrogens with one attached hydrogen (secondary N) is 1. The van der Waals surface area contributed by atoms with Crippen LogP contribution in [0.3, 0.4) is 0 Å². The molecule has 0 heterocycles. The van der Waals surface area contributed by atoms with Gasteiger partial charge in [-0.1, -0.05) is 18.5 Å². The standard InChI is InChI=1S/C10H12ClFN2O/c1-2-9(13)10(15)14-8-4-6(11)3-7(12)5-8/h3-5,9H,2,13H2,1H3,(H,14,15)/t9-/m1/s1. The highest BCUT2D eigenvalue weighted by molar-refractivity contribution is 6.30. The third-order valence-electron chi connectivity index (χ3n) is 1.91. The molecule has 3 N–H and O–H groups in total. The molecule has 82 valence electrons. The molecule has 3 nitrogen and oxygen atoms in total. The number of rotatable bonds is 3. The summed E-state index contributed by atoms with van der Waals surface area (Å²) in [7, 11) is 0. The van der Waals surface area contributed by atoms with Gasteiger partial charge in [0.25, 0.3) is 0 Å². The molecular formula is C10H12ClFN2O. The highest BCUT2D eigenvalue weighted by Gasteiger charge is 2.11. The van der Waals surface area contributed by atoms with Crippen LogP contribution >= 0.6 is 11.6 Å². The van der Waals surface area contributed by atoms with Crippen LogP contribution in [0.1, 0.15) is 13.3 Å². The zero-order chi connectivity index (χ0) is 11.4. The summed E-state index contributed by atoms with van der Waals surface area (Å²) >= 11 is 5.62. The largest absolute Gasteiger partial charge is 0.325 e. The van der Waals surface area contributed by atoms with Crippen LogP contribution in [0.4, 0.5) is 10.1 Å². The molecule has 0 fully saturated rings. The van der Waals surface area contributed by atoms with Crippen LogP contribution in [-0.4, -0.2) is 11.9 Å². The first-order valence-corrected chi connectivity index (χ1v) is 4.93. The number of halogens is 2. The lowest BCUT2D eigenvalue weighted by Crippen LogP contribution is -2.34. The van der Waals surface area contributed by atoms with E-state index in [-0.39, 0.29) is 10.9 Å². The fourth-order valence-corrected chi connectivity index (χ4v) is 1.27. The van der Waals surface area contributed by atoms with Gasteiger partial charge in [0.15, 0.2) is 0 Å². The first-order valence-electron chi connectivity index (χ1n) is 4.55. The Hall–Kier alpha value is -1.13. The molecule has 1 aromatic rings. The van der Waals surface area contributed by atoms with Crippen molar-refractivity contribution in [3.05, 3.63) is 29.0 Å². The molecule has 1 aromatic carbocycles. The molecule has 0 aliphatic heterocycles. The third-order valence-corrected chi connectivity index (χ3v) is 2.12. The lowest BCUT2D eigenvalue weighted by atomic mass is 10.2. The predicted octanol–water partition coefficient (Wildman–Crippen LogP) is 2.15. The van der Waals surface area contributed by atoms with E-state index in [1.54, 1.807) is 6.92 Å². The third kappa shape index (κ3) is 3.49. The van der Waals surface area contributed by atoms with Crippen molar-refractivity contribution in [3.8, 4) is 0 Å². The van der Waals surface area contributed by atoms with E-state index in [0.717, 1.165) is 6.07 Å². The van der Waals surface area contributed by atoms with Crippen LogP contribution in [0.5, 0.6) is 0 Å². The zero-order valence-electron chi connectivity index (χ0n) is 8.26. The molecule has 0 spiro atoms. The molecule has 0 aromatic heterocycles. The number of amides is 1. The Morgan fingerprint density at radius 1 is 1.60 bits per heavy atom. The molecule has 0 unspecified atom stereocenters. The normalized spacial score (nSPS) is 12.3. The molecule has 0 aliphatic rings. The summed E-state index contributed by atoms with van der Waals surface area (Å²) in [5.74, 6) is -0.845. The maximum atomic E-state index is 12.9. The summed E-state index contributed by atoms with van der Waals surface area (Å²) in [5, 5.41) is 2.72. The molecule has 5 heteroatoms. The Kier molecular flexibility index (Phi) is 4.05. The Labute approximate surface area is 92.4 Å². The molecule has 1 amide bonds. The fourth-order valence-electron chi connectivity index (χ4n) is 1.05. The number of nitrogens with two attached hydrogens (primary N) is 1. The van der Waals surface area contributed by atoms with E-state index in [2.05, 4.69) is 5.32 Å². The van der Waals surface area contributed by atoms with Gasteiger partial charge in [0.2, 0.25) is 5.91 Å². The topological polar surface area (TPSA) is 55.1 Å². The lowest BCUT2D eigenvalue weighted by molar-refractivity contribution is -0.117. The molecule has 0 radical (unpaired) electrons. The summed E-state index contributed by atoms with van der Waals surface area (Å²) in [6.45, 7) is 1.79. The van der Waals surface area contributed by atoms with Gasteiger partial charge in [0.05, 0.1) is 6.04 Å². The summed E-state index contributed by atoms with van der Waals surface area (Å²) in [4.78, 5) is 11.4. The van der Waals surface area contributed by atoms with Crippen LogP contribution < -0.4 is 11.1 Å². The number of anilines is 1. The highest BCUT2D eigenvalue weighted by Crippen LogP contribution is 2.18. The summed E-state index contributed by atoms with van der Waals surface area (Å²) in [6, 6.07) is 3.22.